The van der Waals surface area contributed by atoms with Crippen LogP contribution in [0.2, 0.25) is 0 Å². The second kappa shape index (κ2) is 9.29. The van der Waals surface area contributed by atoms with Gasteiger partial charge in [0.15, 0.2) is 0 Å². The van der Waals surface area contributed by atoms with Crippen LogP contribution in [0.4, 0.5) is 0 Å². The van der Waals surface area contributed by atoms with Gasteiger partial charge in [0.1, 0.15) is 11.5 Å². The van der Waals surface area contributed by atoms with E-state index in [0.29, 0.717) is 0 Å². The fraction of sp³-hybridized carbons (Fsp3) is 0. The summed E-state index contributed by atoms with van der Waals surface area (Å²) in [7, 11) is 0. The Bertz CT molecular complexity index is 2570. The number of rotatable bonds is 2. The predicted octanol–water partition coefficient (Wildman–Crippen LogP) is 12.6. The summed E-state index contributed by atoms with van der Waals surface area (Å²) in [6, 6.07) is 57.3. The average molecular weight is 571 g/mol. The maximum Gasteiger partial charge on any atom is 0.136 e. The quantitative estimate of drug-likeness (QED) is 0.188. The molecule has 0 fully saturated rings. The van der Waals surface area contributed by atoms with E-state index in [2.05, 4.69) is 152 Å². The molecule has 0 saturated carbocycles. The van der Waals surface area contributed by atoms with Crippen LogP contribution in [0.1, 0.15) is 0 Å². The maximum absolute atomic E-state index is 6.63. The van der Waals surface area contributed by atoms with Gasteiger partial charge in [0, 0.05) is 10.9 Å². The van der Waals surface area contributed by atoms with Crippen LogP contribution in [-0.4, -0.2) is 0 Å². The van der Waals surface area contributed by atoms with Crippen molar-refractivity contribution < 1.29 is 4.74 Å². The topological polar surface area (TPSA) is 9.23 Å². The van der Waals surface area contributed by atoms with E-state index in [1.807, 2.05) is 6.07 Å². The zero-order valence-corrected chi connectivity index (χ0v) is 24.4. The number of hydrogen-bond donors (Lipinski definition) is 0. The monoisotopic (exact) mass is 570 g/mol. The third kappa shape index (κ3) is 3.50. The summed E-state index contributed by atoms with van der Waals surface area (Å²) in [6.07, 6.45) is 0. The van der Waals surface area contributed by atoms with Gasteiger partial charge >= 0.3 is 0 Å². The van der Waals surface area contributed by atoms with Gasteiger partial charge in [0.2, 0.25) is 0 Å². The van der Waals surface area contributed by atoms with Crippen molar-refractivity contribution in [3.63, 3.8) is 0 Å². The van der Waals surface area contributed by atoms with Gasteiger partial charge in [-0.05, 0) is 101 Å². The minimum absolute atomic E-state index is 0.905. The van der Waals surface area contributed by atoms with Gasteiger partial charge in [-0.25, -0.2) is 0 Å². The van der Waals surface area contributed by atoms with Gasteiger partial charge < -0.3 is 4.74 Å². The number of fused-ring (bicyclic) bond motifs is 6. The number of ether oxygens (including phenoxy) is 1. The third-order valence-corrected chi connectivity index (χ3v) is 9.58. The molecule has 9 aromatic carbocycles. The van der Waals surface area contributed by atoms with Gasteiger partial charge in [-0.15, -0.1) is 0 Å². The van der Waals surface area contributed by atoms with E-state index in [1.165, 1.54) is 76.1 Å². The van der Waals surface area contributed by atoms with Gasteiger partial charge in [-0.2, -0.15) is 0 Å². The van der Waals surface area contributed by atoms with Crippen LogP contribution in [0, 0.1) is 0 Å². The van der Waals surface area contributed by atoms with E-state index in [0.717, 1.165) is 22.6 Å². The molecule has 208 valence electrons. The molecule has 0 atom stereocenters. The van der Waals surface area contributed by atoms with Gasteiger partial charge in [0.05, 0.1) is 0 Å². The summed E-state index contributed by atoms with van der Waals surface area (Å²) in [4.78, 5) is 0. The van der Waals surface area contributed by atoms with Crippen molar-refractivity contribution >= 4 is 53.9 Å². The van der Waals surface area contributed by atoms with Crippen LogP contribution in [0.5, 0.6) is 11.5 Å². The second-order valence-corrected chi connectivity index (χ2v) is 12.0. The summed E-state index contributed by atoms with van der Waals surface area (Å²) < 4.78 is 6.63. The first kappa shape index (κ1) is 24.5. The molecule has 10 rings (SSSR count). The molecule has 1 heterocycles. The van der Waals surface area contributed by atoms with E-state index in [4.69, 9.17) is 4.74 Å². The second-order valence-electron chi connectivity index (χ2n) is 12.0. The van der Waals surface area contributed by atoms with Crippen molar-refractivity contribution in [1.82, 2.24) is 0 Å². The van der Waals surface area contributed by atoms with E-state index in [-0.39, 0.29) is 0 Å². The van der Waals surface area contributed by atoms with Crippen LogP contribution >= 0.6 is 0 Å². The standard InChI is InChI=1S/C44H26O/c1-3-15-31-27(12-1)24-28-13-2-4-16-32(28)43(31)44-37-20-7-5-18-35(37)41(36-19-6-8-21-38(36)44)30-25-29-14-11-22-34-33-17-9-10-23-39(33)45-40(26-30)42(29)34/h1-26H. The summed E-state index contributed by atoms with van der Waals surface area (Å²) in [5.74, 6) is 1.82. The summed E-state index contributed by atoms with van der Waals surface area (Å²) in [5, 5.41) is 12.4. The molecule has 0 aliphatic carbocycles. The third-order valence-electron chi connectivity index (χ3n) is 9.58. The van der Waals surface area contributed by atoms with Gasteiger partial charge in [-0.1, -0.05) is 133 Å². The Kier molecular flexibility index (Phi) is 5.06. The highest BCUT2D eigenvalue weighted by Gasteiger charge is 2.23. The number of benzene rings is 9. The zero-order chi connectivity index (χ0) is 29.5. The SMILES string of the molecule is c1ccc2c(c1)Oc1cc(-c3c4ccccc4c(-c4c5ccccc5cc5ccccc45)c4ccccc34)cc3cccc-2c13. The summed E-state index contributed by atoms with van der Waals surface area (Å²) in [5.41, 5.74) is 7.35. The molecule has 1 heteroatoms. The first-order valence-corrected chi connectivity index (χ1v) is 15.5. The Morgan fingerprint density at radius 1 is 0.311 bits per heavy atom. The van der Waals surface area contributed by atoms with Crippen molar-refractivity contribution in [3.8, 4) is 44.9 Å². The van der Waals surface area contributed by atoms with Crippen LogP contribution in [0.3, 0.4) is 0 Å². The maximum atomic E-state index is 6.63. The fourth-order valence-corrected chi connectivity index (χ4v) is 7.73. The van der Waals surface area contributed by atoms with Gasteiger partial charge in [0.25, 0.3) is 0 Å². The molecule has 0 amide bonds. The Morgan fingerprint density at radius 3 is 1.47 bits per heavy atom. The Hall–Kier alpha value is -5.92. The molecule has 0 saturated heterocycles. The van der Waals surface area contributed by atoms with E-state index < -0.39 is 0 Å². The van der Waals surface area contributed by atoms with E-state index >= 15 is 0 Å². The predicted molar refractivity (Wildman–Crippen MR) is 190 cm³/mol. The molecule has 0 unspecified atom stereocenters. The highest BCUT2D eigenvalue weighted by molar-refractivity contribution is 6.27. The molecule has 1 nitrogen and oxygen atoms in total. The average Bonchev–Trinajstić information content (AvgIpc) is 3.10. The lowest BCUT2D eigenvalue weighted by Crippen LogP contribution is -1.98. The molecular formula is C44H26O. The van der Waals surface area contributed by atoms with E-state index in [1.54, 1.807) is 0 Å². The molecule has 0 N–H and O–H groups in total. The molecule has 45 heavy (non-hydrogen) atoms. The smallest absolute Gasteiger partial charge is 0.136 e. The fourth-order valence-electron chi connectivity index (χ4n) is 7.73. The van der Waals surface area contributed by atoms with E-state index in [9.17, 15) is 0 Å². The Labute approximate surface area is 260 Å². The number of para-hydroxylation sites is 1. The highest BCUT2D eigenvalue weighted by Crippen LogP contribution is 2.51. The lowest BCUT2D eigenvalue weighted by Gasteiger charge is -2.23. The lowest BCUT2D eigenvalue weighted by molar-refractivity contribution is 0.487. The molecule has 1 aliphatic heterocycles. The first-order valence-electron chi connectivity index (χ1n) is 15.5. The molecule has 0 spiro atoms. The summed E-state index contributed by atoms with van der Waals surface area (Å²) >= 11 is 0. The Balaban J connectivity index is 1.35. The van der Waals surface area contributed by atoms with Crippen molar-refractivity contribution in [2.45, 2.75) is 0 Å². The van der Waals surface area contributed by atoms with Crippen molar-refractivity contribution in [1.29, 1.82) is 0 Å². The van der Waals surface area contributed by atoms with Crippen LogP contribution in [-0.2, 0) is 0 Å². The Morgan fingerprint density at radius 2 is 0.800 bits per heavy atom. The van der Waals surface area contributed by atoms with Crippen molar-refractivity contribution in [3.05, 3.63) is 158 Å². The molecule has 9 aromatic rings. The highest BCUT2D eigenvalue weighted by atomic mass is 16.5. The van der Waals surface area contributed by atoms with Crippen LogP contribution in [0.25, 0.3) is 87.2 Å². The number of hydrogen-bond acceptors (Lipinski definition) is 1. The zero-order valence-electron chi connectivity index (χ0n) is 24.4. The van der Waals surface area contributed by atoms with Gasteiger partial charge in [-0.3, -0.25) is 0 Å². The first-order chi connectivity index (χ1) is 22.3. The van der Waals surface area contributed by atoms with Crippen LogP contribution < -0.4 is 4.74 Å². The van der Waals surface area contributed by atoms with Crippen molar-refractivity contribution in [2.24, 2.45) is 0 Å². The molecule has 1 aliphatic rings. The largest absolute Gasteiger partial charge is 0.456 e. The lowest BCUT2D eigenvalue weighted by atomic mass is 9.82. The molecule has 0 aromatic heterocycles. The normalized spacial score (nSPS) is 12.2. The summed E-state index contributed by atoms with van der Waals surface area (Å²) in [6.45, 7) is 0. The minimum Gasteiger partial charge on any atom is -0.456 e. The van der Waals surface area contributed by atoms with Crippen LogP contribution in [0.15, 0.2) is 158 Å². The molecule has 0 bridgehead atoms. The molecule has 0 radical (unpaired) electrons. The molecular weight excluding hydrogens is 544 g/mol. The van der Waals surface area contributed by atoms with Crippen molar-refractivity contribution in [2.75, 3.05) is 0 Å². The minimum atomic E-state index is 0.905.